The Labute approximate surface area is 122 Å². The Bertz CT molecular complexity index is 814. The van der Waals surface area contributed by atoms with Crippen molar-refractivity contribution in [1.29, 1.82) is 0 Å². The van der Waals surface area contributed by atoms with Crippen molar-refractivity contribution in [3.63, 3.8) is 0 Å². The van der Waals surface area contributed by atoms with Crippen LogP contribution in [0.15, 0.2) is 35.5 Å². The van der Waals surface area contributed by atoms with Gasteiger partial charge in [-0.2, -0.15) is 0 Å². The van der Waals surface area contributed by atoms with Gasteiger partial charge in [-0.3, -0.25) is 14.8 Å². The average Bonchev–Trinajstić information content (AvgIpc) is 2.37. The summed E-state index contributed by atoms with van der Waals surface area (Å²) in [5, 5.41) is 10.8. The van der Waals surface area contributed by atoms with Crippen molar-refractivity contribution >= 4 is 33.1 Å². The number of nitrogens with zero attached hydrogens (tertiary/aromatic N) is 3. The number of aromatic nitrogens is 2. The maximum absolute atomic E-state index is 13.0. The molecule has 2 rings (SSSR count). The summed E-state index contributed by atoms with van der Waals surface area (Å²) in [6, 6.07) is 3.23. The molecular formula is C10H6ClFN4O4S. The molecule has 0 saturated heterocycles. The number of nitro benzene ring substituents is 1. The fourth-order valence-electron chi connectivity index (χ4n) is 1.44. The quantitative estimate of drug-likeness (QED) is 0.520. The topological polar surface area (TPSA) is 115 Å². The van der Waals surface area contributed by atoms with E-state index in [1.807, 2.05) is 4.72 Å². The van der Waals surface area contributed by atoms with E-state index in [0.29, 0.717) is 6.07 Å². The zero-order valence-electron chi connectivity index (χ0n) is 10.0. The van der Waals surface area contributed by atoms with Gasteiger partial charge in [0.25, 0.3) is 15.7 Å². The van der Waals surface area contributed by atoms with Crippen molar-refractivity contribution in [3.8, 4) is 0 Å². The minimum absolute atomic E-state index is 0.0173. The number of halogens is 2. The van der Waals surface area contributed by atoms with Crippen LogP contribution in [0, 0.1) is 15.9 Å². The second kappa shape index (κ2) is 5.58. The van der Waals surface area contributed by atoms with E-state index in [1.165, 1.54) is 0 Å². The molecule has 0 saturated carbocycles. The molecular weight excluding hydrogens is 327 g/mol. The molecule has 0 aliphatic carbocycles. The summed E-state index contributed by atoms with van der Waals surface area (Å²) in [6.07, 6.45) is 1.01. The molecule has 0 unspecified atom stereocenters. The summed E-state index contributed by atoms with van der Waals surface area (Å²) in [5.41, 5.74) is -0.886. The van der Waals surface area contributed by atoms with Crippen molar-refractivity contribution in [2.45, 2.75) is 4.90 Å². The Kier molecular flexibility index (Phi) is 4.00. The normalized spacial score (nSPS) is 11.1. The van der Waals surface area contributed by atoms with E-state index in [9.17, 15) is 22.9 Å². The molecule has 0 radical (unpaired) electrons. The van der Waals surface area contributed by atoms with Crippen molar-refractivity contribution in [2.24, 2.45) is 0 Å². The number of rotatable bonds is 4. The predicted molar refractivity (Wildman–Crippen MR) is 70.9 cm³/mol. The number of anilines is 1. The van der Waals surface area contributed by atoms with Crippen LogP contribution in [-0.4, -0.2) is 23.3 Å². The van der Waals surface area contributed by atoms with Gasteiger partial charge < -0.3 is 0 Å². The Morgan fingerprint density at radius 3 is 2.62 bits per heavy atom. The summed E-state index contributed by atoms with van der Waals surface area (Å²) in [7, 11) is -4.33. The molecule has 8 nitrogen and oxygen atoms in total. The highest BCUT2D eigenvalue weighted by Crippen LogP contribution is 2.26. The van der Waals surface area contributed by atoms with Crippen molar-refractivity contribution < 1.29 is 17.7 Å². The van der Waals surface area contributed by atoms with E-state index in [-0.39, 0.29) is 11.0 Å². The molecule has 0 fully saturated rings. The molecule has 110 valence electrons. The minimum atomic E-state index is -4.33. The zero-order valence-corrected chi connectivity index (χ0v) is 11.6. The Morgan fingerprint density at radius 1 is 1.29 bits per heavy atom. The van der Waals surface area contributed by atoms with Crippen LogP contribution in [0.3, 0.4) is 0 Å². The first-order chi connectivity index (χ1) is 9.79. The molecule has 0 aliphatic rings. The van der Waals surface area contributed by atoms with Gasteiger partial charge in [-0.25, -0.2) is 22.8 Å². The van der Waals surface area contributed by atoms with Crippen molar-refractivity contribution in [3.05, 3.63) is 51.7 Å². The highest BCUT2D eigenvalue weighted by Gasteiger charge is 2.26. The number of sulfonamides is 1. The minimum Gasteiger partial charge on any atom is -0.263 e. The predicted octanol–water partition coefficient (Wildman–Crippen LogP) is 1.98. The zero-order chi connectivity index (χ0) is 15.6. The summed E-state index contributed by atoms with van der Waals surface area (Å²) in [6.45, 7) is 0. The van der Waals surface area contributed by atoms with Crippen LogP contribution in [0.2, 0.25) is 5.15 Å². The third-order valence-corrected chi connectivity index (χ3v) is 3.89. The fourth-order valence-corrected chi connectivity index (χ4v) is 2.74. The van der Waals surface area contributed by atoms with Crippen LogP contribution in [0.25, 0.3) is 0 Å². The van der Waals surface area contributed by atoms with E-state index in [4.69, 9.17) is 11.6 Å². The number of hydrogen-bond donors (Lipinski definition) is 1. The number of nitro groups is 1. The van der Waals surface area contributed by atoms with Crippen molar-refractivity contribution in [1.82, 2.24) is 9.97 Å². The molecule has 0 aliphatic heterocycles. The van der Waals surface area contributed by atoms with E-state index < -0.39 is 31.3 Å². The highest BCUT2D eigenvalue weighted by molar-refractivity contribution is 7.92. The lowest BCUT2D eigenvalue weighted by Gasteiger charge is -2.07. The summed E-state index contributed by atoms with van der Waals surface area (Å²) < 4.78 is 39.2. The molecule has 1 heterocycles. The van der Waals surface area contributed by atoms with Gasteiger partial charge in [0, 0.05) is 6.07 Å². The smallest absolute Gasteiger partial charge is 0.263 e. The monoisotopic (exact) mass is 332 g/mol. The fraction of sp³-hybridized carbons (Fsp3) is 0. The summed E-state index contributed by atoms with van der Waals surface area (Å²) >= 11 is 5.58. The van der Waals surface area contributed by atoms with Gasteiger partial charge in [-0.05, 0) is 12.1 Å². The second-order valence-electron chi connectivity index (χ2n) is 3.70. The number of hydrogen-bond acceptors (Lipinski definition) is 6. The summed E-state index contributed by atoms with van der Waals surface area (Å²) in [5.74, 6) is -1.10. The maximum atomic E-state index is 13.0. The lowest BCUT2D eigenvalue weighted by atomic mass is 10.3. The molecule has 0 spiro atoms. The van der Waals surface area contributed by atoms with E-state index in [1.54, 1.807) is 0 Å². The molecule has 2 aromatic rings. The number of benzene rings is 1. The lowest BCUT2D eigenvalue weighted by Crippen LogP contribution is -2.15. The Balaban J connectivity index is 2.47. The summed E-state index contributed by atoms with van der Waals surface area (Å²) in [4.78, 5) is 16.3. The molecule has 1 N–H and O–H groups in total. The third-order valence-electron chi connectivity index (χ3n) is 2.28. The largest absolute Gasteiger partial charge is 0.292 e. The van der Waals surface area contributed by atoms with Crippen LogP contribution >= 0.6 is 11.6 Å². The van der Waals surface area contributed by atoms with Gasteiger partial charge in [-0.1, -0.05) is 11.6 Å². The molecule has 11 heteroatoms. The van der Waals surface area contributed by atoms with E-state index >= 15 is 0 Å². The number of nitrogens with one attached hydrogen (secondary N) is 1. The molecule has 1 aromatic carbocycles. The van der Waals surface area contributed by atoms with Gasteiger partial charge in [0.15, 0.2) is 4.90 Å². The Hall–Kier alpha value is -2.33. The first kappa shape index (κ1) is 15.1. The molecule has 21 heavy (non-hydrogen) atoms. The van der Waals surface area contributed by atoms with Gasteiger partial charge in [-0.15, -0.1) is 0 Å². The van der Waals surface area contributed by atoms with E-state index in [2.05, 4.69) is 9.97 Å². The van der Waals surface area contributed by atoms with Crippen LogP contribution in [0.5, 0.6) is 0 Å². The van der Waals surface area contributed by atoms with Crippen LogP contribution < -0.4 is 4.72 Å². The van der Waals surface area contributed by atoms with Crippen LogP contribution in [-0.2, 0) is 10.0 Å². The lowest BCUT2D eigenvalue weighted by molar-refractivity contribution is -0.388. The molecule has 1 aromatic heterocycles. The van der Waals surface area contributed by atoms with Gasteiger partial charge in [0.05, 0.1) is 11.0 Å². The maximum Gasteiger partial charge on any atom is 0.292 e. The standard InChI is InChI=1S/C10H6ClFN4O4S/c11-9-4-10(14-5-13-9)15-21(19,20)8-2-1-6(12)3-7(8)16(17)18/h1-5H,(H,13,14,15). The third kappa shape index (κ3) is 3.41. The van der Waals surface area contributed by atoms with Crippen LogP contribution in [0.1, 0.15) is 0 Å². The van der Waals surface area contributed by atoms with E-state index in [0.717, 1.165) is 24.5 Å². The molecule has 0 atom stereocenters. The molecule has 0 amide bonds. The second-order valence-corrected chi connectivity index (χ2v) is 5.74. The Morgan fingerprint density at radius 2 is 2.00 bits per heavy atom. The molecule has 0 bridgehead atoms. The van der Waals surface area contributed by atoms with Gasteiger partial charge in [0.1, 0.15) is 23.1 Å². The van der Waals surface area contributed by atoms with Crippen molar-refractivity contribution in [2.75, 3.05) is 4.72 Å². The SMILES string of the molecule is O=[N+]([O-])c1cc(F)ccc1S(=O)(=O)Nc1cc(Cl)ncn1. The average molecular weight is 333 g/mol. The van der Waals surface area contributed by atoms with Gasteiger partial charge >= 0.3 is 0 Å². The van der Waals surface area contributed by atoms with Crippen LogP contribution in [0.4, 0.5) is 15.9 Å². The van der Waals surface area contributed by atoms with Gasteiger partial charge in [0.2, 0.25) is 0 Å². The first-order valence-electron chi connectivity index (χ1n) is 5.24. The first-order valence-corrected chi connectivity index (χ1v) is 7.10. The highest BCUT2D eigenvalue weighted by atomic mass is 35.5.